The zero-order valence-electron chi connectivity index (χ0n) is 13.3. The Hall–Kier alpha value is -1.82. The van der Waals surface area contributed by atoms with E-state index in [-0.39, 0.29) is 17.4 Å². The summed E-state index contributed by atoms with van der Waals surface area (Å²) in [5.74, 6) is 0.496. The maximum Gasteiger partial charge on any atom is 0.160 e. The molecule has 0 saturated carbocycles. The molecule has 0 amide bonds. The number of aliphatic hydroxyl groups excluding tert-OH is 1. The quantitative estimate of drug-likeness (QED) is 0.872. The molecule has 2 N–H and O–H groups in total. The number of rotatable bonds is 2. The monoisotopic (exact) mass is 315 g/mol. The molecule has 0 aromatic heterocycles. The summed E-state index contributed by atoms with van der Waals surface area (Å²) in [5, 5.41) is 20.7. The summed E-state index contributed by atoms with van der Waals surface area (Å²) in [6, 6.07) is 3.51. The van der Waals surface area contributed by atoms with E-state index in [0.717, 1.165) is 24.1 Å². The molecule has 122 valence electrons. The lowest BCUT2D eigenvalue weighted by Crippen LogP contribution is -2.52. The van der Waals surface area contributed by atoms with Crippen molar-refractivity contribution in [3.8, 4) is 11.5 Å². The first-order valence-electron chi connectivity index (χ1n) is 7.86. The first-order valence-corrected chi connectivity index (χ1v) is 7.86. The van der Waals surface area contributed by atoms with Crippen LogP contribution in [-0.2, 0) is 10.3 Å². The van der Waals surface area contributed by atoms with E-state index >= 15 is 0 Å². The summed E-state index contributed by atoms with van der Waals surface area (Å²) in [6.45, 7) is 1.35. The number of benzene rings is 1. The molecule has 0 fully saturated rings. The highest BCUT2D eigenvalue weighted by Crippen LogP contribution is 2.54. The summed E-state index contributed by atoms with van der Waals surface area (Å²) in [5.41, 5.74) is 2.69. The summed E-state index contributed by atoms with van der Waals surface area (Å²) < 4.78 is 10.9. The third-order valence-electron chi connectivity index (χ3n) is 5.39. The normalized spacial score (nSPS) is 32.0. The molecular weight excluding hydrogens is 294 g/mol. The second-order valence-corrected chi connectivity index (χ2v) is 6.39. The number of hydrogen-bond acceptors (Lipinski definition) is 5. The van der Waals surface area contributed by atoms with Crippen molar-refractivity contribution < 1.29 is 19.7 Å². The fraction of sp³-hybridized carbons (Fsp3) is 0.444. The van der Waals surface area contributed by atoms with Gasteiger partial charge >= 0.3 is 0 Å². The molecule has 1 aromatic rings. The predicted molar refractivity (Wildman–Crippen MR) is 85.5 cm³/mol. The van der Waals surface area contributed by atoms with Gasteiger partial charge in [0, 0.05) is 26.6 Å². The highest BCUT2D eigenvalue weighted by Gasteiger charge is 2.52. The molecule has 5 nitrogen and oxygen atoms in total. The molecule has 4 rings (SSSR count). The van der Waals surface area contributed by atoms with Gasteiger partial charge in [-0.05, 0) is 28.8 Å². The number of fused-ring (bicyclic) bond motifs is 1. The smallest absolute Gasteiger partial charge is 0.160 e. The summed E-state index contributed by atoms with van der Waals surface area (Å²) in [7, 11) is 3.26. The molecule has 3 aliphatic rings. The van der Waals surface area contributed by atoms with Gasteiger partial charge in [-0.2, -0.15) is 0 Å². The second kappa shape index (κ2) is 5.09. The van der Waals surface area contributed by atoms with Crippen LogP contribution in [0.4, 0.5) is 0 Å². The largest absolute Gasteiger partial charge is 0.504 e. The number of ether oxygens (including phenoxy) is 2. The minimum Gasteiger partial charge on any atom is -0.504 e. The number of hydrogen-bond donors (Lipinski definition) is 2. The third kappa shape index (κ3) is 1.90. The number of methoxy groups -OCH3 is 2. The van der Waals surface area contributed by atoms with Gasteiger partial charge in [0.05, 0.1) is 24.9 Å². The van der Waals surface area contributed by atoms with E-state index in [2.05, 4.69) is 23.1 Å². The molecule has 0 bridgehead atoms. The molecule has 1 spiro atoms. The van der Waals surface area contributed by atoms with E-state index in [1.54, 1.807) is 20.3 Å². The summed E-state index contributed by atoms with van der Waals surface area (Å²) in [6.07, 6.45) is 6.62. The Morgan fingerprint density at radius 3 is 2.87 bits per heavy atom. The molecule has 2 heterocycles. The van der Waals surface area contributed by atoms with Gasteiger partial charge in [-0.15, -0.1) is 0 Å². The second-order valence-electron chi connectivity index (χ2n) is 6.39. The molecule has 3 atom stereocenters. The van der Waals surface area contributed by atoms with Crippen molar-refractivity contribution in [2.75, 3.05) is 27.3 Å². The van der Waals surface area contributed by atoms with Gasteiger partial charge in [-0.1, -0.05) is 18.2 Å². The zero-order valence-corrected chi connectivity index (χ0v) is 13.3. The first kappa shape index (κ1) is 14.8. The zero-order chi connectivity index (χ0) is 16.2. The maximum atomic E-state index is 10.5. The van der Waals surface area contributed by atoms with Gasteiger partial charge in [0.2, 0.25) is 0 Å². The molecule has 5 heteroatoms. The van der Waals surface area contributed by atoms with Crippen LogP contribution in [0.3, 0.4) is 0 Å². The van der Waals surface area contributed by atoms with Gasteiger partial charge < -0.3 is 19.7 Å². The summed E-state index contributed by atoms with van der Waals surface area (Å²) >= 11 is 0. The molecule has 0 unspecified atom stereocenters. The van der Waals surface area contributed by atoms with Crippen LogP contribution in [-0.4, -0.2) is 48.5 Å². The van der Waals surface area contributed by atoms with Crippen LogP contribution in [0, 0.1) is 0 Å². The Bertz CT molecular complexity index is 711. The Morgan fingerprint density at radius 2 is 2.13 bits per heavy atom. The van der Waals surface area contributed by atoms with Crippen molar-refractivity contribution in [3.63, 3.8) is 0 Å². The molecule has 23 heavy (non-hydrogen) atoms. The first-order chi connectivity index (χ1) is 11.1. The van der Waals surface area contributed by atoms with Crippen LogP contribution >= 0.6 is 0 Å². The van der Waals surface area contributed by atoms with Crippen LogP contribution in [0.15, 0.2) is 35.9 Å². The van der Waals surface area contributed by atoms with Crippen molar-refractivity contribution in [1.29, 1.82) is 0 Å². The van der Waals surface area contributed by atoms with Crippen LogP contribution in [0.2, 0.25) is 0 Å². The van der Waals surface area contributed by atoms with E-state index in [1.165, 1.54) is 5.57 Å². The number of phenolic OH excluding ortho intramolecular Hbond substituents is 1. The average molecular weight is 315 g/mol. The minimum atomic E-state index is -0.618. The Labute approximate surface area is 135 Å². The van der Waals surface area contributed by atoms with Gasteiger partial charge in [0.15, 0.2) is 11.5 Å². The van der Waals surface area contributed by atoms with Crippen LogP contribution in [0.25, 0.3) is 0 Å². The number of phenols is 1. The Balaban J connectivity index is 1.95. The standard InChI is InChI=1S/C18H21NO4/c1-22-12-4-3-11-5-6-19-10-16(21)13-7-15(20)17(23-2)8-14(13)18(11,19)9-12/h3-5,7-8,12,16,20-21H,6,9-10H2,1-2H3/t12-,16-,18-/m0/s1. The molecule has 0 saturated heterocycles. The van der Waals surface area contributed by atoms with Crippen molar-refractivity contribution in [1.82, 2.24) is 4.90 Å². The van der Waals surface area contributed by atoms with Gasteiger partial charge in [-0.25, -0.2) is 0 Å². The number of nitrogens with zero attached hydrogens (tertiary/aromatic N) is 1. The van der Waals surface area contributed by atoms with E-state index in [0.29, 0.717) is 12.3 Å². The van der Waals surface area contributed by atoms with Gasteiger partial charge in [-0.3, -0.25) is 4.90 Å². The minimum absolute atomic E-state index is 0.0237. The van der Waals surface area contributed by atoms with E-state index in [4.69, 9.17) is 9.47 Å². The average Bonchev–Trinajstić information content (AvgIpc) is 2.93. The van der Waals surface area contributed by atoms with Crippen LogP contribution in [0.5, 0.6) is 11.5 Å². The highest BCUT2D eigenvalue weighted by molar-refractivity contribution is 5.57. The maximum absolute atomic E-state index is 10.5. The number of aliphatic hydroxyl groups is 1. The van der Waals surface area contributed by atoms with E-state index in [1.807, 2.05) is 6.07 Å². The van der Waals surface area contributed by atoms with Crippen molar-refractivity contribution >= 4 is 0 Å². The third-order valence-corrected chi connectivity index (χ3v) is 5.39. The molecule has 2 aliphatic heterocycles. The molecular formula is C18H21NO4. The van der Waals surface area contributed by atoms with Crippen molar-refractivity contribution in [2.24, 2.45) is 0 Å². The van der Waals surface area contributed by atoms with E-state index in [9.17, 15) is 10.2 Å². The topological polar surface area (TPSA) is 62.2 Å². The molecule has 1 aliphatic carbocycles. The SMILES string of the molecule is COc1cc2c(cc1O)[C@@H](O)CN1CC=C3C=C[C@H](OC)C[C@]321. The van der Waals surface area contributed by atoms with Crippen molar-refractivity contribution in [2.45, 2.75) is 24.2 Å². The number of aromatic hydroxyl groups is 1. The van der Waals surface area contributed by atoms with Crippen molar-refractivity contribution in [3.05, 3.63) is 47.1 Å². The lowest BCUT2D eigenvalue weighted by molar-refractivity contribution is 0.0107. The Kier molecular flexibility index (Phi) is 3.27. The summed E-state index contributed by atoms with van der Waals surface area (Å²) in [4.78, 5) is 2.29. The molecule has 1 aromatic carbocycles. The highest BCUT2D eigenvalue weighted by atomic mass is 16.5. The lowest BCUT2D eigenvalue weighted by atomic mass is 9.71. The lowest BCUT2D eigenvalue weighted by Gasteiger charge is -2.49. The van der Waals surface area contributed by atoms with E-state index < -0.39 is 6.10 Å². The van der Waals surface area contributed by atoms with Crippen LogP contribution < -0.4 is 4.74 Å². The fourth-order valence-electron chi connectivity index (χ4n) is 4.26. The fourth-order valence-corrected chi connectivity index (χ4v) is 4.26. The van der Waals surface area contributed by atoms with Crippen LogP contribution in [0.1, 0.15) is 23.7 Å². The molecule has 0 radical (unpaired) electrons. The van der Waals surface area contributed by atoms with Gasteiger partial charge in [0.1, 0.15) is 0 Å². The van der Waals surface area contributed by atoms with Gasteiger partial charge in [0.25, 0.3) is 0 Å². The predicted octanol–water partition coefficient (Wildman–Crippen LogP) is 1.86. The Morgan fingerprint density at radius 1 is 1.30 bits per heavy atom.